The van der Waals surface area contributed by atoms with Crippen LogP contribution in [0.15, 0.2) is 136 Å². The molecule has 0 amide bonds. The molecule has 11 aromatic rings. The number of para-hydroxylation sites is 4. The summed E-state index contributed by atoms with van der Waals surface area (Å²) in [6.45, 7) is 0. The van der Waals surface area contributed by atoms with Crippen LogP contribution in [0.3, 0.4) is 0 Å². The van der Waals surface area contributed by atoms with Crippen molar-refractivity contribution >= 4 is 87.5 Å². The van der Waals surface area contributed by atoms with Crippen LogP contribution in [-0.4, -0.2) is 9.13 Å². The van der Waals surface area contributed by atoms with E-state index in [0.29, 0.717) is 11.1 Å². The number of nitriles is 2. The summed E-state index contributed by atoms with van der Waals surface area (Å²) < 4.78 is 18.0. The molecule has 6 nitrogen and oxygen atoms in total. The van der Waals surface area contributed by atoms with E-state index in [2.05, 4.69) is 112 Å². The molecule has 1 saturated carbocycles. The summed E-state index contributed by atoms with van der Waals surface area (Å²) in [5.74, 6) is 0.0605. The van der Waals surface area contributed by atoms with Crippen molar-refractivity contribution in [3.63, 3.8) is 0 Å². The van der Waals surface area contributed by atoms with Crippen molar-refractivity contribution < 1.29 is 8.83 Å². The molecular weight excluding hydrogens is 689 g/mol. The molecule has 0 atom stereocenters. The van der Waals surface area contributed by atoms with Gasteiger partial charge in [-0.25, -0.2) is 0 Å². The molecule has 0 unspecified atom stereocenters. The topological polar surface area (TPSA) is 83.7 Å². The number of benzene rings is 7. The summed E-state index contributed by atoms with van der Waals surface area (Å²) in [4.78, 5) is 0. The number of furan rings is 2. The molecule has 0 aliphatic heterocycles. The zero-order valence-electron chi connectivity index (χ0n) is 30.3. The molecule has 0 saturated heterocycles. The number of aromatic nitrogens is 2. The van der Waals surface area contributed by atoms with Gasteiger partial charge in [-0.05, 0) is 66.8 Å². The van der Waals surface area contributed by atoms with Crippen LogP contribution >= 0.6 is 0 Å². The zero-order valence-corrected chi connectivity index (χ0v) is 30.3. The minimum atomic E-state index is 0.0605. The Hall–Kier alpha value is -7.28. The van der Waals surface area contributed by atoms with Gasteiger partial charge in [-0.15, -0.1) is 0 Å². The summed E-state index contributed by atoms with van der Waals surface area (Å²) >= 11 is 0. The van der Waals surface area contributed by atoms with Crippen LogP contribution in [0.4, 0.5) is 0 Å². The maximum atomic E-state index is 11.4. The molecule has 7 aromatic carbocycles. The molecule has 56 heavy (non-hydrogen) atoms. The van der Waals surface area contributed by atoms with E-state index in [1.807, 2.05) is 36.4 Å². The number of hydrogen-bond donors (Lipinski definition) is 0. The number of rotatable bonds is 3. The molecule has 6 heteroatoms. The summed E-state index contributed by atoms with van der Waals surface area (Å²) in [7, 11) is 0. The Morgan fingerprint density at radius 1 is 0.464 bits per heavy atom. The summed E-state index contributed by atoms with van der Waals surface area (Å²) in [6, 6.07) is 49.2. The lowest BCUT2D eigenvalue weighted by Gasteiger charge is -2.27. The van der Waals surface area contributed by atoms with Gasteiger partial charge < -0.3 is 18.0 Å². The molecule has 0 N–H and O–H groups in total. The van der Waals surface area contributed by atoms with Crippen LogP contribution in [0, 0.1) is 22.7 Å². The highest BCUT2D eigenvalue weighted by Gasteiger charge is 2.31. The van der Waals surface area contributed by atoms with Gasteiger partial charge in [0, 0.05) is 43.1 Å². The second-order valence-corrected chi connectivity index (χ2v) is 15.2. The van der Waals surface area contributed by atoms with E-state index in [9.17, 15) is 10.5 Å². The second-order valence-electron chi connectivity index (χ2n) is 15.2. The molecule has 4 heterocycles. The van der Waals surface area contributed by atoms with Gasteiger partial charge in [-0.2, -0.15) is 10.5 Å². The predicted molar refractivity (Wildman–Crippen MR) is 225 cm³/mol. The first-order valence-corrected chi connectivity index (χ1v) is 19.4. The molecule has 0 spiro atoms. The molecular formula is C50H32N4O2. The molecule has 0 bridgehead atoms. The zero-order chi connectivity index (χ0) is 37.1. The number of hydrogen-bond acceptors (Lipinski definition) is 4. The van der Waals surface area contributed by atoms with Gasteiger partial charge in [-0.1, -0.05) is 104 Å². The van der Waals surface area contributed by atoms with Gasteiger partial charge >= 0.3 is 0 Å². The fraction of sp³-hybridized carbons (Fsp3) is 0.120. The Bertz CT molecular complexity index is 3330. The summed E-state index contributed by atoms with van der Waals surface area (Å²) in [5.41, 5.74) is 10.3. The van der Waals surface area contributed by atoms with Crippen LogP contribution < -0.4 is 0 Å². The molecule has 12 rings (SSSR count). The fourth-order valence-corrected chi connectivity index (χ4v) is 10.0. The Morgan fingerprint density at radius 3 is 1.38 bits per heavy atom. The smallest absolute Gasteiger partial charge is 0.160 e. The Balaban J connectivity index is 1.30. The van der Waals surface area contributed by atoms with E-state index in [4.69, 9.17) is 8.83 Å². The van der Waals surface area contributed by atoms with Crippen LogP contribution in [0.2, 0.25) is 0 Å². The maximum Gasteiger partial charge on any atom is 0.160 e. The largest absolute Gasteiger partial charge is 0.454 e. The van der Waals surface area contributed by atoms with Gasteiger partial charge in [0.2, 0.25) is 0 Å². The molecule has 1 aliphatic carbocycles. The van der Waals surface area contributed by atoms with E-state index in [1.165, 1.54) is 0 Å². The highest BCUT2D eigenvalue weighted by Crippen LogP contribution is 2.47. The van der Waals surface area contributed by atoms with Gasteiger partial charge in [0.1, 0.15) is 23.3 Å². The molecule has 0 radical (unpaired) electrons. The molecule has 1 fully saturated rings. The lowest BCUT2D eigenvalue weighted by molar-refractivity contribution is 0.442. The molecule has 264 valence electrons. The van der Waals surface area contributed by atoms with Gasteiger partial charge in [-0.3, -0.25) is 0 Å². The van der Waals surface area contributed by atoms with Crippen LogP contribution in [-0.2, 0) is 0 Å². The van der Waals surface area contributed by atoms with Gasteiger partial charge in [0.05, 0.1) is 44.6 Å². The van der Waals surface area contributed by atoms with E-state index >= 15 is 0 Å². The fourth-order valence-electron chi connectivity index (χ4n) is 10.0. The Kier molecular flexibility index (Phi) is 6.45. The van der Waals surface area contributed by atoms with Crippen molar-refractivity contribution in [1.29, 1.82) is 10.5 Å². The standard InChI is InChI=1S/C50H32N4O2/c51-27-38-42(53-40-18-8-4-14-30(40)34-22-24-36-32-16-6-10-20-44(32)55-49(36)47(34)53)26-43(39(28-52)46(38)29-12-2-1-3-13-29)54-41-19-9-5-15-31(41)35-23-25-37-33-17-7-11-21-45(33)56-50(37)48(35)54/h4-11,14-26,29H,1-3,12-13H2. The third-order valence-electron chi connectivity index (χ3n) is 12.4. The van der Waals surface area contributed by atoms with E-state index in [-0.39, 0.29) is 5.92 Å². The minimum absolute atomic E-state index is 0.0605. The molecule has 4 aromatic heterocycles. The average molecular weight is 721 g/mol. The van der Waals surface area contributed by atoms with Crippen LogP contribution in [0.1, 0.15) is 54.7 Å². The monoisotopic (exact) mass is 720 g/mol. The first-order valence-electron chi connectivity index (χ1n) is 19.4. The second kappa shape index (κ2) is 11.6. The van der Waals surface area contributed by atoms with Crippen LogP contribution in [0.5, 0.6) is 0 Å². The third-order valence-corrected chi connectivity index (χ3v) is 12.4. The predicted octanol–water partition coefficient (Wildman–Crippen LogP) is 13.5. The van der Waals surface area contributed by atoms with Crippen molar-refractivity contribution in [2.45, 2.75) is 38.0 Å². The first kappa shape index (κ1) is 31.1. The normalized spacial score (nSPS) is 14.0. The number of nitrogens with zero attached hydrogens (tertiary/aromatic N) is 4. The highest BCUT2D eigenvalue weighted by atomic mass is 16.3. The maximum absolute atomic E-state index is 11.4. The van der Waals surface area contributed by atoms with E-state index in [0.717, 1.165) is 137 Å². The van der Waals surface area contributed by atoms with Gasteiger partial charge in [0.15, 0.2) is 11.2 Å². The van der Waals surface area contributed by atoms with Crippen molar-refractivity contribution in [2.75, 3.05) is 0 Å². The van der Waals surface area contributed by atoms with Crippen molar-refractivity contribution in [1.82, 2.24) is 9.13 Å². The lowest BCUT2D eigenvalue weighted by Crippen LogP contribution is -2.14. The lowest BCUT2D eigenvalue weighted by atomic mass is 9.79. The van der Waals surface area contributed by atoms with Crippen LogP contribution in [0.25, 0.3) is 98.9 Å². The summed E-state index contributed by atoms with van der Waals surface area (Å²) in [5, 5.41) is 31.1. The molecule has 1 aliphatic rings. The average Bonchev–Trinajstić information content (AvgIpc) is 4.01. The minimum Gasteiger partial charge on any atom is -0.454 e. The van der Waals surface area contributed by atoms with Crippen molar-refractivity contribution in [3.05, 3.63) is 144 Å². The Morgan fingerprint density at radius 2 is 0.893 bits per heavy atom. The number of fused-ring (bicyclic) bond motifs is 14. The van der Waals surface area contributed by atoms with E-state index < -0.39 is 0 Å². The third kappa shape index (κ3) is 4.08. The quantitative estimate of drug-likeness (QED) is 0.182. The summed E-state index contributed by atoms with van der Waals surface area (Å²) in [6.07, 6.45) is 5.12. The SMILES string of the molecule is N#Cc1c(-n2c3ccccc3c3ccc4c5ccccc5oc4c32)cc(-n2c3ccccc3c3ccc4c5ccccc5oc4c32)c(C#N)c1C1CCCCC1. The van der Waals surface area contributed by atoms with Crippen molar-refractivity contribution in [2.24, 2.45) is 0 Å². The van der Waals surface area contributed by atoms with E-state index in [1.54, 1.807) is 0 Å². The Labute approximate surface area is 320 Å². The highest BCUT2D eigenvalue weighted by molar-refractivity contribution is 6.23. The first-order chi connectivity index (χ1) is 27.7. The van der Waals surface area contributed by atoms with Gasteiger partial charge in [0.25, 0.3) is 0 Å². The van der Waals surface area contributed by atoms with Crippen molar-refractivity contribution in [3.8, 4) is 23.5 Å².